The second-order valence-electron chi connectivity index (χ2n) is 5.79. The highest BCUT2D eigenvalue weighted by Gasteiger charge is 2.75. The van der Waals surface area contributed by atoms with Crippen LogP contribution in [0.2, 0.25) is 0 Å². The molecule has 1 heterocycles. The molecule has 6 atom stereocenters. The molecule has 22 heavy (non-hydrogen) atoms. The fourth-order valence-corrected chi connectivity index (χ4v) is 3.07. The van der Waals surface area contributed by atoms with Gasteiger partial charge in [-0.1, -0.05) is 0 Å². The van der Waals surface area contributed by atoms with E-state index in [1.807, 2.05) is 0 Å². The van der Waals surface area contributed by atoms with Crippen LogP contribution in [-0.4, -0.2) is 70.9 Å². The van der Waals surface area contributed by atoms with Gasteiger partial charge in [-0.25, -0.2) is 0 Å². The molecular weight excluding hydrogens is 294 g/mol. The molecule has 1 amide bonds. The monoisotopic (exact) mass is 317 g/mol. The normalized spacial score (nSPS) is 39.9. The number of amides is 1. The van der Waals surface area contributed by atoms with Gasteiger partial charge in [-0.15, -0.1) is 0 Å². The van der Waals surface area contributed by atoms with Crippen molar-refractivity contribution in [2.45, 2.75) is 56.3 Å². The predicted molar refractivity (Wildman–Crippen MR) is 73.7 cm³/mol. The minimum Gasteiger partial charge on any atom is -0.394 e. The van der Waals surface area contributed by atoms with Gasteiger partial charge in [0.15, 0.2) is 6.29 Å². The van der Waals surface area contributed by atoms with Crippen molar-refractivity contribution in [2.24, 2.45) is 5.92 Å². The molecule has 1 aliphatic carbocycles. The molecule has 0 aromatic heterocycles. The Labute approximate surface area is 128 Å². The number of carbonyl (C=O) groups excluding carboxylic acids is 2. The van der Waals surface area contributed by atoms with Crippen LogP contribution >= 0.6 is 0 Å². The van der Waals surface area contributed by atoms with Gasteiger partial charge in [0.25, 0.3) is 0 Å². The van der Waals surface area contributed by atoms with Crippen molar-refractivity contribution in [3.63, 3.8) is 0 Å². The lowest BCUT2D eigenvalue weighted by Crippen LogP contribution is -2.57. The molecule has 0 spiro atoms. The molecule has 0 aromatic rings. The number of hydrogen-bond donors (Lipinski definition) is 4. The molecule has 2 fully saturated rings. The smallest absolute Gasteiger partial charge is 0.217 e. The molecule has 126 valence electrons. The summed E-state index contributed by atoms with van der Waals surface area (Å²) in [6.45, 7) is 1.18. The van der Waals surface area contributed by atoms with Crippen LogP contribution in [0, 0.1) is 5.92 Å². The van der Waals surface area contributed by atoms with Crippen LogP contribution in [-0.2, 0) is 19.1 Å². The number of unbranched alkanes of at least 4 members (excludes halogenated alkanes) is 2. The molecule has 0 aromatic carbocycles. The first-order valence-electron chi connectivity index (χ1n) is 7.45. The summed E-state index contributed by atoms with van der Waals surface area (Å²) in [5.74, 6) is -0.964. The van der Waals surface area contributed by atoms with Gasteiger partial charge in [0.2, 0.25) is 5.91 Å². The van der Waals surface area contributed by atoms with Crippen LogP contribution in [0.25, 0.3) is 0 Å². The third-order valence-electron chi connectivity index (χ3n) is 4.27. The molecule has 2 rings (SSSR count). The number of aliphatic hydroxyl groups is 3. The molecule has 8 nitrogen and oxygen atoms in total. The van der Waals surface area contributed by atoms with Crippen LogP contribution in [0.5, 0.6) is 0 Å². The van der Waals surface area contributed by atoms with Crippen molar-refractivity contribution in [2.75, 3.05) is 13.2 Å². The van der Waals surface area contributed by atoms with Crippen LogP contribution in [0.4, 0.5) is 0 Å². The van der Waals surface area contributed by atoms with E-state index in [1.54, 1.807) is 0 Å². The van der Waals surface area contributed by atoms with Gasteiger partial charge in [0.1, 0.15) is 18.0 Å². The lowest BCUT2D eigenvalue weighted by atomic mass is 10.0. The Hall–Kier alpha value is -1.06. The number of nitrogens with one attached hydrogen (secondary N) is 1. The van der Waals surface area contributed by atoms with Crippen molar-refractivity contribution < 1.29 is 34.4 Å². The van der Waals surface area contributed by atoms with E-state index >= 15 is 0 Å². The number of carbonyl (C=O) groups is 2. The molecule has 8 heteroatoms. The Morgan fingerprint density at radius 1 is 1.45 bits per heavy atom. The highest BCUT2D eigenvalue weighted by Crippen LogP contribution is 2.53. The van der Waals surface area contributed by atoms with E-state index in [2.05, 4.69) is 5.32 Å². The fourth-order valence-electron chi connectivity index (χ4n) is 3.07. The highest BCUT2D eigenvalue weighted by atomic mass is 16.7. The summed E-state index contributed by atoms with van der Waals surface area (Å²) in [6, 6.07) is -0.689. The zero-order chi connectivity index (χ0) is 16.3. The van der Waals surface area contributed by atoms with Crippen molar-refractivity contribution in [3.8, 4) is 0 Å². The zero-order valence-corrected chi connectivity index (χ0v) is 12.5. The second kappa shape index (κ2) is 7.01. The summed E-state index contributed by atoms with van der Waals surface area (Å²) >= 11 is 0. The molecule has 2 aliphatic rings. The summed E-state index contributed by atoms with van der Waals surface area (Å²) < 4.78 is 11.1. The second-order valence-corrected chi connectivity index (χ2v) is 5.79. The summed E-state index contributed by atoms with van der Waals surface area (Å²) in [6.07, 6.45) is -0.292. The number of hydrogen-bond acceptors (Lipinski definition) is 7. The zero-order valence-electron chi connectivity index (χ0n) is 12.5. The largest absolute Gasteiger partial charge is 0.394 e. The quantitative estimate of drug-likeness (QED) is 0.311. The molecule has 1 saturated carbocycles. The summed E-state index contributed by atoms with van der Waals surface area (Å²) in [5.41, 5.74) is -1.56. The lowest BCUT2D eigenvalue weighted by Gasteiger charge is -2.37. The Bertz CT molecular complexity index is 418. The van der Waals surface area contributed by atoms with Gasteiger partial charge in [0, 0.05) is 25.9 Å². The molecular formula is C14H23NO7. The maximum Gasteiger partial charge on any atom is 0.217 e. The molecule has 0 bridgehead atoms. The Morgan fingerprint density at radius 3 is 2.77 bits per heavy atom. The van der Waals surface area contributed by atoms with Crippen LogP contribution < -0.4 is 5.32 Å². The van der Waals surface area contributed by atoms with Gasteiger partial charge < -0.3 is 34.9 Å². The molecule has 4 unspecified atom stereocenters. The van der Waals surface area contributed by atoms with Gasteiger partial charge in [-0.2, -0.15) is 0 Å². The molecule has 1 saturated heterocycles. The molecule has 0 radical (unpaired) electrons. The Balaban J connectivity index is 1.99. The van der Waals surface area contributed by atoms with Gasteiger partial charge in [0.05, 0.1) is 18.8 Å². The van der Waals surface area contributed by atoms with Crippen molar-refractivity contribution in [1.82, 2.24) is 5.32 Å². The van der Waals surface area contributed by atoms with Gasteiger partial charge in [-0.3, -0.25) is 4.79 Å². The van der Waals surface area contributed by atoms with Crippen LogP contribution in [0.15, 0.2) is 0 Å². The number of fused-ring (bicyclic) bond motifs is 1. The topological polar surface area (TPSA) is 125 Å². The van der Waals surface area contributed by atoms with E-state index < -0.39 is 42.7 Å². The first kappa shape index (κ1) is 17.3. The average Bonchev–Trinajstić information content (AvgIpc) is 3.03. The number of rotatable bonds is 8. The SMILES string of the molecule is CC(=O)NC1[C@H](OCCCCC=O)OC(CO)C2(O)C(O)[C@H]12. The highest BCUT2D eigenvalue weighted by molar-refractivity contribution is 5.73. The van der Waals surface area contributed by atoms with E-state index in [0.717, 1.165) is 6.29 Å². The number of aliphatic hydroxyl groups excluding tert-OH is 2. The van der Waals surface area contributed by atoms with Crippen molar-refractivity contribution >= 4 is 12.2 Å². The minimum atomic E-state index is -1.56. The van der Waals surface area contributed by atoms with Gasteiger partial charge in [-0.05, 0) is 12.8 Å². The third-order valence-corrected chi connectivity index (χ3v) is 4.27. The first-order chi connectivity index (χ1) is 10.5. The Morgan fingerprint density at radius 2 is 2.18 bits per heavy atom. The fraction of sp³-hybridized carbons (Fsp3) is 0.857. The van der Waals surface area contributed by atoms with E-state index in [0.29, 0.717) is 25.9 Å². The maximum absolute atomic E-state index is 11.3. The standard InChI is InChI=1S/C14H23NO7/c1-8(18)15-11-10-12(19)14(10,20)9(7-17)22-13(11)21-6-4-2-3-5-16/h5,9-13,17,19-20H,2-4,6-7H2,1H3,(H,15,18)/t9?,10-,11?,12?,13+,14?/m0/s1. The Kier molecular flexibility index (Phi) is 5.51. The van der Waals surface area contributed by atoms with Crippen LogP contribution in [0.3, 0.4) is 0 Å². The third kappa shape index (κ3) is 3.16. The van der Waals surface area contributed by atoms with Gasteiger partial charge >= 0.3 is 0 Å². The number of ether oxygens (including phenoxy) is 2. The summed E-state index contributed by atoms with van der Waals surface area (Å²) in [4.78, 5) is 21.6. The van der Waals surface area contributed by atoms with Crippen LogP contribution in [0.1, 0.15) is 26.2 Å². The molecule has 4 N–H and O–H groups in total. The minimum absolute atomic E-state index is 0.313. The van der Waals surface area contributed by atoms with E-state index in [1.165, 1.54) is 6.92 Å². The lowest BCUT2D eigenvalue weighted by molar-refractivity contribution is -0.246. The first-order valence-corrected chi connectivity index (χ1v) is 7.45. The van der Waals surface area contributed by atoms with Crippen molar-refractivity contribution in [1.29, 1.82) is 0 Å². The van der Waals surface area contributed by atoms with E-state index in [9.17, 15) is 24.9 Å². The average molecular weight is 317 g/mol. The van der Waals surface area contributed by atoms with E-state index in [-0.39, 0.29) is 5.91 Å². The predicted octanol–water partition coefficient (Wildman–Crippen LogP) is -1.68. The van der Waals surface area contributed by atoms with E-state index in [4.69, 9.17) is 9.47 Å². The molecule has 1 aliphatic heterocycles. The summed E-state index contributed by atoms with van der Waals surface area (Å²) in [5, 5.41) is 32.2. The number of aldehydes is 1. The van der Waals surface area contributed by atoms with Crippen molar-refractivity contribution in [3.05, 3.63) is 0 Å². The maximum atomic E-state index is 11.3. The summed E-state index contributed by atoms with van der Waals surface area (Å²) in [7, 11) is 0.